The summed E-state index contributed by atoms with van der Waals surface area (Å²) in [6.45, 7) is 0.0989. The first-order valence-corrected chi connectivity index (χ1v) is 7.15. The lowest BCUT2D eigenvalue weighted by Gasteiger charge is -2.15. The smallest absolute Gasteiger partial charge is 0.251 e. The highest BCUT2D eigenvalue weighted by atomic mass is 19.2. The lowest BCUT2D eigenvalue weighted by atomic mass is 10.1. The summed E-state index contributed by atoms with van der Waals surface area (Å²) in [5.74, 6) is -3.16. The Balaban J connectivity index is 1.75. The van der Waals surface area contributed by atoms with E-state index < -0.39 is 29.6 Å². The minimum atomic E-state index is -1.12. The highest BCUT2D eigenvalue weighted by molar-refractivity contribution is 5.96. The van der Waals surface area contributed by atoms with Crippen LogP contribution in [0.1, 0.15) is 29.6 Å². The fourth-order valence-electron chi connectivity index (χ4n) is 2.46. The van der Waals surface area contributed by atoms with Gasteiger partial charge in [-0.25, -0.2) is 8.78 Å². The molecule has 2 amide bonds. The van der Waals surface area contributed by atoms with E-state index in [2.05, 4.69) is 10.6 Å². The van der Waals surface area contributed by atoms with Crippen LogP contribution in [0.4, 0.5) is 8.78 Å². The van der Waals surface area contributed by atoms with Crippen LogP contribution in [0.2, 0.25) is 0 Å². The van der Waals surface area contributed by atoms with Gasteiger partial charge in [-0.1, -0.05) is 6.42 Å². The monoisotopic (exact) mass is 312 g/mol. The van der Waals surface area contributed by atoms with E-state index >= 15 is 0 Å². The first-order valence-electron chi connectivity index (χ1n) is 7.15. The van der Waals surface area contributed by atoms with Crippen LogP contribution in [-0.4, -0.2) is 36.1 Å². The van der Waals surface area contributed by atoms with E-state index in [0.717, 1.165) is 37.5 Å². The van der Waals surface area contributed by atoms with Crippen molar-refractivity contribution in [1.29, 1.82) is 0 Å². The Labute approximate surface area is 126 Å². The highest BCUT2D eigenvalue weighted by Crippen LogP contribution is 2.24. The number of nitrogens with one attached hydrogen (secondary N) is 2. The molecule has 0 bridgehead atoms. The lowest BCUT2D eigenvalue weighted by molar-refractivity contribution is -0.120. The molecule has 1 saturated carbocycles. The number of aliphatic hydroxyl groups excluding tert-OH is 1. The first-order chi connectivity index (χ1) is 10.5. The van der Waals surface area contributed by atoms with Crippen molar-refractivity contribution in [3.8, 4) is 0 Å². The predicted molar refractivity (Wildman–Crippen MR) is 75.0 cm³/mol. The molecule has 0 radical (unpaired) electrons. The molecular weight excluding hydrogens is 294 g/mol. The standard InChI is InChI=1S/C15H18F2N2O3/c16-11-5-4-9(6-12(11)17)15(22)19-8-14(21)18-7-10-2-1-3-13(10)20/h4-6,10,13,20H,1-3,7-8H2,(H,18,21)(H,19,22). The molecule has 1 aliphatic rings. The molecule has 1 aromatic carbocycles. The van der Waals surface area contributed by atoms with Crippen LogP contribution in [0, 0.1) is 17.6 Å². The Kier molecular flexibility index (Phi) is 5.43. The van der Waals surface area contributed by atoms with Gasteiger partial charge in [-0.2, -0.15) is 0 Å². The molecule has 0 spiro atoms. The van der Waals surface area contributed by atoms with E-state index in [4.69, 9.17) is 0 Å². The van der Waals surface area contributed by atoms with Crippen molar-refractivity contribution < 1.29 is 23.5 Å². The Hall–Kier alpha value is -2.02. The summed E-state index contributed by atoms with van der Waals surface area (Å²) in [4.78, 5) is 23.3. The molecule has 1 aliphatic carbocycles. The summed E-state index contributed by atoms with van der Waals surface area (Å²) in [7, 11) is 0. The van der Waals surface area contributed by atoms with Gasteiger partial charge in [0.05, 0.1) is 12.6 Å². The van der Waals surface area contributed by atoms with Gasteiger partial charge in [0.1, 0.15) is 0 Å². The fraction of sp³-hybridized carbons (Fsp3) is 0.467. The molecule has 0 aromatic heterocycles. The number of carbonyl (C=O) groups excluding carboxylic acids is 2. The third kappa shape index (κ3) is 4.24. The van der Waals surface area contributed by atoms with Crippen molar-refractivity contribution in [3.05, 3.63) is 35.4 Å². The van der Waals surface area contributed by atoms with E-state index in [1.54, 1.807) is 0 Å². The van der Waals surface area contributed by atoms with Crippen molar-refractivity contribution >= 4 is 11.8 Å². The maximum Gasteiger partial charge on any atom is 0.251 e. The second kappa shape index (κ2) is 7.31. The second-order valence-corrected chi connectivity index (χ2v) is 5.37. The van der Waals surface area contributed by atoms with Gasteiger partial charge in [0.25, 0.3) is 5.91 Å². The van der Waals surface area contributed by atoms with E-state index in [1.807, 2.05) is 0 Å². The van der Waals surface area contributed by atoms with E-state index in [0.29, 0.717) is 6.54 Å². The normalized spacial score (nSPS) is 20.7. The Morgan fingerprint density at radius 1 is 1.18 bits per heavy atom. The molecule has 2 unspecified atom stereocenters. The maximum absolute atomic E-state index is 13.0. The van der Waals surface area contributed by atoms with Gasteiger partial charge in [0, 0.05) is 18.0 Å². The quantitative estimate of drug-likeness (QED) is 0.758. The van der Waals surface area contributed by atoms with Gasteiger partial charge in [0.15, 0.2) is 11.6 Å². The van der Waals surface area contributed by atoms with Gasteiger partial charge in [-0.15, -0.1) is 0 Å². The fourth-order valence-corrected chi connectivity index (χ4v) is 2.46. The zero-order valence-corrected chi connectivity index (χ0v) is 11.9. The summed E-state index contributed by atoms with van der Waals surface area (Å²) >= 11 is 0. The third-order valence-electron chi connectivity index (χ3n) is 3.77. The minimum absolute atomic E-state index is 0.0471. The first kappa shape index (κ1) is 16.4. The Morgan fingerprint density at radius 3 is 2.59 bits per heavy atom. The predicted octanol–water partition coefficient (Wildman–Crippen LogP) is 0.972. The molecule has 0 heterocycles. The number of aliphatic hydroxyl groups is 1. The van der Waals surface area contributed by atoms with Crippen molar-refractivity contribution in [2.24, 2.45) is 5.92 Å². The van der Waals surface area contributed by atoms with Gasteiger partial charge < -0.3 is 15.7 Å². The zero-order chi connectivity index (χ0) is 16.1. The van der Waals surface area contributed by atoms with E-state index in [1.165, 1.54) is 0 Å². The van der Waals surface area contributed by atoms with E-state index in [-0.39, 0.29) is 18.0 Å². The van der Waals surface area contributed by atoms with Crippen molar-refractivity contribution in [3.63, 3.8) is 0 Å². The largest absolute Gasteiger partial charge is 0.393 e. The summed E-state index contributed by atoms with van der Waals surface area (Å²) < 4.78 is 25.8. The molecule has 2 rings (SSSR count). The molecule has 0 aliphatic heterocycles. The van der Waals surface area contributed by atoms with Crippen molar-refractivity contribution in [1.82, 2.24) is 10.6 Å². The summed E-state index contributed by atoms with van der Waals surface area (Å²) in [6, 6.07) is 2.77. The van der Waals surface area contributed by atoms with Gasteiger partial charge in [-0.3, -0.25) is 9.59 Å². The minimum Gasteiger partial charge on any atom is -0.393 e. The number of amides is 2. The summed E-state index contributed by atoms with van der Waals surface area (Å²) in [6.07, 6.45) is 2.15. The van der Waals surface area contributed by atoms with Crippen LogP contribution in [0.25, 0.3) is 0 Å². The number of hydrogen-bond donors (Lipinski definition) is 3. The Morgan fingerprint density at radius 2 is 1.95 bits per heavy atom. The molecule has 2 atom stereocenters. The topological polar surface area (TPSA) is 78.4 Å². The SMILES string of the molecule is O=C(CNC(=O)c1ccc(F)c(F)c1)NCC1CCCC1O. The van der Waals surface area contributed by atoms with Gasteiger partial charge in [-0.05, 0) is 31.0 Å². The Bertz CT molecular complexity index is 566. The van der Waals surface area contributed by atoms with Crippen LogP contribution in [0.5, 0.6) is 0 Å². The molecule has 5 nitrogen and oxygen atoms in total. The number of hydrogen-bond acceptors (Lipinski definition) is 3. The van der Waals surface area contributed by atoms with Gasteiger partial charge in [0.2, 0.25) is 5.91 Å². The summed E-state index contributed by atoms with van der Waals surface area (Å²) in [5.41, 5.74) is -0.0575. The molecule has 1 aromatic rings. The second-order valence-electron chi connectivity index (χ2n) is 5.37. The van der Waals surface area contributed by atoms with Crippen LogP contribution in [-0.2, 0) is 4.79 Å². The van der Waals surface area contributed by atoms with Gasteiger partial charge >= 0.3 is 0 Å². The van der Waals surface area contributed by atoms with Crippen LogP contribution in [0.3, 0.4) is 0 Å². The number of halogens is 2. The van der Waals surface area contributed by atoms with Crippen LogP contribution >= 0.6 is 0 Å². The number of carbonyl (C=O) groups is 2. The molecule has 7 heteroatoms. The molecule has 1 fully saturated rings. The maximum atomic E-state index is 13.0. The molecule has 120 valence electrons. The molecule has 22 heavy (non-hydrogen) atoms. The van der Waals surface area contributed by atoms with Crippen molar-refractivity contribution in [2.45, 2.75) is 25.4 Å². The van der Waals surface area contributed by atoms with E-state index in [9.17, 15) is 23.5 Å². The highest BCUT2D eigenvalue weighted by Gasteiger charge is 2.25. The number of rotatable bonds is 5. The van der Waals surface area contributed by atoms with Crippen LogP contribution < -0.4 is 10.6 Å². The summed E-state index contributed by atoms with van der Waals surface area (Å²) in [5, 5.41) is 14.6. The third-order valence-corrected chi connectivity index (χ3v) is 3.77. The molecule has 3 N–H and O–H groups in total. The lowest BCUT2D eigenvalue weighted by Crippen LogP contribution is -2.40. The average molecular weight is 312 g/mol. The molecule has 0 saturated heterocycles. The average Bonchev–Trinajstić information content (AvgIpc) is 2.90. The zero-order valence-electron chi connectivity index (χ0n) is 11.9. The van der Waals surface area contributed by atoms with Crippen molar-refractivity contribution in [2.75, 3.05) is 13.1 Å². The number of benzene rings is 1. The molecular formula is C15H18F2N2O3. The van der Waals surface area contributed by atoms with Crippen LogP contribution in [0.15, 0.2) is 18.2 Å².